The Hall–Kier alpha value is -1.80. The molecule has 2 rings (SSSR count). The number of hydrogen-bond acceptors (Lipinski definition) is 2. The summed E-state index contributed by atoms with van der Waals surface area (Å²) in [6, 6.07) is 14.7. The average molecular weight is 284 g/mol. The maximum Gasteiger partial charge on any atom is 0.122 e. The van der Waals surface area contributed by atoms with E-state index in [2.05, 4.69) is 50.2 Å². The van der Waals surface area contributed by atoms with Gasteiger partial charge in [-0.3, -0.25) is 0 Å². The standard InChI is InChI=1S/C19H24O2/c1-5-20-18-13-14(3)17(12-15(18)4)19(21-6-2)16-10-8-7-9-11-16/h7-13,19H,5-6H2,1-4H3. The molecule has 2 nitrogen and oxygen atoms in total. The normalized spacial score (nSPS) is 12.2. The third-order valence-corrected chi connectivity index (χ3v) is 3.58. The van der Waals surface area contributed by atoms with Crippen LogP contribution < -0.4 is 4.74 Å². The first-order chi connectivity index (χ1) is 10.2. The molecule has 2 heteroatoms. The molecule has 21 heavy (non-hydrogen) atoms. The Morgan fingerprint density at radius 1 is 0.905 bits per heavy atom. The molecule has 0 aliphatic carbocycles. The Bertz CT molecular complexity index is 576. The summed E-state index contributed by atoms with van der Waals surface area (Å²) in [6.45, 7) is 9.62. The largest absolute Gasteiger partial charge is 0.494 e. The van der Waals surface area contributed by atoms with E-state index in [9.17, 15) is 0 Å². The van der Waals surface area contributed by atoms with Crippen molar-refractivity contribution in [1.82, 2.24) is 0 Å². The zero-order valence-corrected chi connectivity index (χ0v) is 13.3. The van der Waals surface area contributed by atoms with Crippen molar-refractivity contribution in [2.75, 3.05) is 13.2 Å². The molecule has 0 saturated carbocycles. The molecular formula is C19H24O2. The minimum atomic E-state index is -0.0226. The lowest BCUT2D eigenvalue weighted by molar-refractivity contribution is 0.0908. The van der Waals surface area contributed by atoms with E-state index in [1.54, 1.807) is 0 Å². The molecule has 0 aromatic heterocycles. The van der Waals surface area contributed by atoms with Crippen molar-refractivity contribution < 1.29 is 9.47 Å². The monoisotopic (exact) mass is 284 g/mol. The molecule has 112 valence electrons. The highest BCUT2D eigenvalue weighted by atomic mass is 16.5. The number of hydrogen-bond donors (Lipinski definition) is 0. The van der Waals surface area contributed by atoms with Gasteiger partial charge in [0.2, 0.25) is 0 Å². The van der Waals surface area contributed by atoms with Gasteiger partial charge in [0.05, 0.1) is 6.61 Å². The molecule has 0 aliphatic heterocycles. The summed E-state index contributed by atoms with van der Waals surface area (Å²) in [4.78, 5) is 0. The molecule has 1 atom stereocenters. The molecule has 0 aliphatic rings. The van der Waals surface area contributed by atoms with Gasteiger partial charge in [-0.1, -0.05) is 30.3 Å². The fraction of sp³-hybridized carbons (Fsp3) is 0.368. The summed E-state index contributed by atoms with van der Waals surface area (Å²) < 4.78 is 11.7. The smallest absolute Gasteiger partial charge is 0.122 e. The Labute approximate surface area is 127 Å². The SMILES string of the molecule is CCOc1cc(C)c(C(OCC)c2ccccc2)cc1C. The first kappa shape index (κ1) is 15.6. The summed E-state index contributed by atoms with van der Waals surface area (Å²) >= 11 is 0. The van der Waals surface area contributed by atoms with Gasteiger partial charge in [0, 0.05) is 6.61 Å². The van der Waals surface area contributed by atoms with Crippen LogP contribution in [0.4, 0.5) is 0 Å². The Morgan fingerprint density at radius 2 is 1.62 bits per heavy atom. The lowest BCUT2D eigenvalue weighted by atomic mass is 9.95. The minimum absolute atomic E-state index is 0.0226. The maximum atomic E-state index is 6.01. The second kappa shape index (κ2) is 7.28. The molecule has 0 radical (unpaired) electrons. The quantitative estimate of drug-likeness (QED) is 0.756. The van der Waals surface area contributed by atoms with Crippen molar-refractivity contribution in [2.45, 2.75) is 33.8 Å². The Kier molecular flexibility index (Phi) is 5.40. The highest BCUT2D eigenvalue weighted by Gasteiger charge is 2.18. The lowest BCUT2D eigenvalue weighted by Gasteiger charge is -2.22. The molecule has 0 heterocycles. The fourth-order valence-corrected chi connectivity index (χ4v) is 2.57. The summed E-state index contributed by atoms with van der Waals surface area (Å²) in [5, 5.41) is 0. The van der Waals surface area contributed by atoms with E-state index in [-0.39, 0.29) is 6.10 Å². The van der Waals surface area contributed by atoms with Crippen LogP contribution in [0, 0.1) is 13.8 Å². The molecule has 2 aromatic carbocycles. The molecule has 0 fully saturated rings. The van der Waals surface area contributed by atoms with E-state index in [1.165, 1.54) is 16.7 Å². The second-order valence-corrected chi connectivity index (χ2v) is 5.15. The molecule has 0 amide bonds. The van der Waals surface area contributed by atoms with Gasteiger partial charge in [0.1, 0.15) is 11.9 Å². The third kappa shape index (κ3) is 3.64. The molecular weight excluding hydrogens is 260 g/mol. The molecule has 2 aromatic rings. The van der Waals surface area contributed by atoms with E-state index in [1.807, 2.05) is 19.9 Å². The first-order valence-corrected chi connectivity index (χ1v) is 7.57. The molecule has 0 bridgehead atoms. The Morgan fingerprint density at radius 3 is 2.24 bits per heavy atom. The highest BCUT2D eigenvalue weighted by Crippen LogP contribution is 2.32. The molecule has 0 N–H and O–H groups in total. The Balaban J connectivity index is 2.43. The number of ether oxygens (including phenoxy) is 2. The minimum Gasteiger partial charge on any atom is -0.494 e. The van der Waals surface area contributed by atoms with Crippen LogP contribution >= 0.6 is 0 Å². The molecule has 0 spiro atoms. The first-order valence-electron chi connectivity index (χ1n) is 7.57. The average Bonchev–Trinajstić information content (AvgIpc) is 2.50. The van der Waals surface area contributed by atoms with E-state index < -0.39 is 0 Å². The zero-order valence-electron chi connectivity index (χ0n) is 13.3. The van der Waals surface area contributed by atoms with Crippen LogP contribution in [0.25, 0.3) is 0 Å². The number of benzene rings is 2. The van der Waals surface area contributed by atoms with Gasteiger partial charge in [-0.05, 0) is 62.1 Å². The van der Waals surface area contributed by atoms with Crippen LogP contribution in [0.15, 0.2) is 42.5 Å². The van der Waals surface area contributed by atoms with Crippen LogP contribution in [-0.4, -0.2) is 13.2 Å². The van der Waals surface area contributed by atoms with E-state index in [0.29, 0.717) is 13.2 Å². The van der Waals surface area contributed by atoms with Crippen LogP contribution in [0.1, 0.15) is 42.2 Å². The van der Waals surface area contributed by atoms with Crippen LogP contribution in [0.5, 0.6) is 5.75 Å². The summed E-state index contributed by atoms with van der Waals surface area (Å²) in [5.41, 5.74) is 4.75. The number of aryl methyl sites for hydroxylation is 2. The number of rotatable bonds is 6. The second-order valence-electron chi connectivity index (χ2n) is 5.15. The van der Waals surface area contributed by atoms with Gasteiger partial charge in [-0.15, -0.1) is 0 Å². The molecule has 0 saturated heterocycles. The van der Waals surface area contributed by atoms with Crippen molar-refractivity contribution in [1.29, 1.82) is 0 Å². The van der Waals surface area contributed by atoms with Crippen LogP contribution in [-0.2, 0) is 4.74 Å². The van der Waals surface area contributed by atoms with Crippen molar-refractivity contribution in [2.24, 2.45) is 0 Å². The van der Waals surface area contributed by atoms with Gasteiger partial charge in [-0.25, -0.2) is 0 Å². The zero-order chi connectivity index (χ0) is 15.2. The summed E-state index contributed by atoms with van der Waals surface area (Å²) in [7, 11) is 0. The lowest BCUT2D eigenvalue weighted by Crippen LogP contribution is -2.09. The molecule has 1 unspecified atom stereocenters. The van der Waals surface area contributed by atoms with Gasteiger partial charge in [-0.2, -0.15) is 0 Å². The fourth-order valence-electron chi connectivity index (χ4n) is 2.57. The van der Waals surface area contributed by atoms with Crippen molar-refractivity contribution in [3.63, 3.8) is 0 Å². The van der Waals surface area contributed by atoms with Crippen molar-refractivity contribution >= 4 is 0 Å². The predicted octanol–water partition coefficient (Wildman–Crippen LogP) is 4.83. The maximum absolute atomic E-state index is 6.01. The summed E-state index contributed by atoms with van der Waals surface area (Å²) in [5.74, 6) is 0.960. The van der Waals surface area contributed by atoms with Crippen molar-refractivity contribution in [3.05, 3.63) is 64.7 Å². The van der Waals surface area contributed by atoms with Gasteiger partial charge in [0.25, 0.3) is 0 Å². The van der Waals surface area contributed by atoms with Crippen LogP contribution in [0.2, 0.25) is 0 Å². The van der Waals surface area contributed by atoms with Crippen LogP contribution in [0.3, 0.4) is 0 Å². The van der Waals surface area contributed by atoms with E-state index in [0.717, 1.165) is 11.3 Å². The van der Waals surface area contributed by atoms with E-state index >= 15 is 0 Å². The predicted molar refractivity (Wildman–Crippen MR) is 87.0 cm³/mol. The third-order valence-electron chi connectivity index (χ3n) is 3.58. The highest BCUT2D eigenvalue weighted by molar-refractivity contribution is 5.45. The van der Waals surface area contributed by atoms with E-state index in [4.69, 9.17) is 9.47 Å². The van der Waals surface area contributed by atoms with Crippen molar-refractivity contribution in [3.8, 4) is 5.75 Å². The van der Waals surface area contributed by atoms with Gasteiger partial charge in [0.15, 0.2) is 0 Å². The van der Waals surface area contributed by atoms with Gasteiger partial charge < -0.3 is 9.47 Å². The topological polar surface area (TPSA) is 18.5 Å². The summed E-state index contributed by atoms with van der Waals surface area (Å²) in [6.07, 6.45) is -0.0226. The van der Waals surface area contributed by atoms with Gasteiger partial charge >= 0.3 is 0 Å².